The van der Waals surface area contributed by atoms with Gasteiger partial charge in [-0.2, -0.15) is 0 Å². The molecule has 0 unspecified atom stereocenters. The molecule has 58 heavy (non-hydrogen) atoms. The third kappa shape index (κ3) is 11.8. The highest BCUT2D eigenvalue weighted by molar-refractivity contribution is 5.92. The molecule has 4 aromatic carbocycles. The molecule has 0 saturated carbocycles. The van der Waals surface area contributed by atoms with Gasteiger partial charge >= 0.3 is 6.09 Å². The number of fused-ring (bicyclic) bond motifs is 1. The second-order valence-corrected chi connectivity index (χ2v) is 14.7. The summed E-state index contributed by atoms with van der Waals surface area (Å²) in [6, 6.07) is 31.1. The molecular weight excluding hydrogens is 737 g/mol. The zero-order valence-corrected chi connectivity index (χ0v) is 32.8. The lowest BCUT2D eigenvalue weighted by Crippen LogP contribution is -2.40. The number of aromatic nitrogens is 1. The largest absolute Gasteiger partial charge is 0.506 e. The van der Waals surface area contributed by atoms with Gasteiger partial charge in [-0.1, -0.05) is 66.7 Å². The van der Waals surface area contributed by atoms with Crippen LogP contribution in [0, 0.1) is 0 Å². The van der Waals surface area contributed by atoms with E-state index in [0.29, 0.717) is 86.0 Å². The molecule has 6 rings (SSSR count). The number of ether oxygens (including phenoxy) is 1. The number of para-hydroxylation sites is 1. The third-order valence-electron chi connectivity index (χ3n) is 10.4. The van der Waals surface area contributed by atoms with Crippen LogP contribution in [0.5, 0.6) is 5.75 Å². The van der Waals surface area contributed by atoms with Gasteiger partial charge in [-0.15, -0.1) is 0 Å². The molecule has 1 atom stereocenters. The van der Waals surface area contributed by atoms with Crippen LogP contribution in [0.25, 0.3) is 22.0 Å². The van der Waals surface area contributed by atoms with Gasteiger partial charge in [0, 0.05) is 81.9 Å². The molecule has 1 aromatic heterocycles. The van der Waals surface area contributed by atoms with Crippen molar-refractivity contribution < 1.29 is 29.3 Å². The Bertz CT molecular complexity index is 2200. The number of hydrogen-bond acceptors (Lipinski definition) is 9. The smallest absolute Gasteiger partial charge is 0.411 e. The lowest BCUT2D eigenvalue weighted by Gasteiger charge is -2.31. The van der Waals surface area contributed by atoms with Gasteiger partial charge in [-0.3, -0.25) is 19.7 Å². The van der Waals surface area contributed by atoms with Crippen LogP contribution in [0.15, 0.2) is 108 Å². The summed E-state index contributed by atoms with van der Waals surface area (Å²) < 4.78 is 5.75. The zero-order chi connectivity index (χ0) is 40.9. The first-order valence-corrected chi connectivity index (χ1v) is 19.8. The number of aliphatic hydroxyl groups is 1. The van der Waals surface area contributed by atoms with E-state index in [-0.39, 0.29) is 35.8 Å². The Labute approximate surface area is 338 Å². The molecule has 0 radical (unpaired) electrons. The number of nitrogens with zero attached hydrogens (tertiary/aromatic N) is 2. The molecule has 6 N–H and O–H groups in total. The van der Waals surface area contributed by atoms with E-state index >= 15 is 0 Å². The number of H-pyrrole nitrogens is 1. The highest BCUT2D eigenvalue weighted by atomic mass is 16.6. The van der Waals surface area contributed by atoms with Crippen molar-refractivity contribution in [3.05, 3.63) is 125 Å². The van der Waals surface area contributed by atoms with Crippen molar-refractivity contribution in [3.8, 4) is 16.9 Å². The number of phenolic OH excluding ortho intramolecular Hbond substituents is 1. The van der Waals surface area contributed by atoms with E-state index in [0.717, 1.165) is 29.8 Å². The summed E-state index contributed by atoms with van der Waals surface area (Å²) in [6.07, 6.45) is 2.03. The fourth-order valence-corrected chi connectivity index (χ4v) is 7.15. The minimum Gasteiger partial charge on any atom is -0.506 e. The summed E-state index contributed by atoms with van der Waals surface area (Å²) in [5.74, 6) is -0.0829. The fraction of sp³-hybridized carbons (Fsp3) is 0.333. The van der Waals surface area contributed by atoms with Gasteiger partial charge in [0.25, 0.3) is 0 Å². The molecule has 1 fully saturated rings. The number of amides is 3. The second-order valence-electron chi connectivity index (χ2n) is 14.7. The highest BCUT2D eigenvalue weighted by Gasteiger charge is 2.24. The van der Waals surface area contributed by atoms with Crippen LogP contribution in [0.1, 0.15) is 55.8 Å². The molecule has 1 aliphatic rings. The summed E-state index contributed by atoms with van der Waals surface area (Å²) >= 11 is 0. The van der Waals surface area contributed by atoms with Gasteiger partial charge in [0.05, 0.1) is 17.3 Å². The van der Waals surface area contributed by atoms with Crippen molar-refractivity contribution in [2.75, 3.05) is 50.4 Å². The Morgan fingerprint density at radius 2 is 1.62 bits per heavy atom. The lowest BCUT2D eigenvalue weighted by atomic mass is 10.0. The SMILES string of the molecule is CN(CCCCC(=O)Nc1ccc(CNC[C@H](O)c2ccc(O)c3[nH]c(=O)ccc23)cc1)C(=O)CCN1CCC(OC(=O)Nc2ccccc2-c2ccccc2)CC1. The number of aromatic amines is 1. The minimum atomic E-state index is -0.862. The van der Waals surface area contributed by atoms with Gasteiger partial charge in [0.1, 0.15) is 11.9 Å². The number of aliphatic hydroxyl groups excluding tert-OH is 1. The van der Waals surface area contributed by atoms with Crippen LogP contribution in [-0.2, 0) is 20.9 Å². The van der Waals surface area contributed by atoms with Crippen molar-refractivity contribution in [2.24, 2.45) is 0 Å². The van der Waals surface area contributed by atoms with Crippen LogP contribution < -0.4 is 21.5 Å². The average molecular weight is 789 g/mol. The van der Waals surface area contributed by atoms with E-state index in [1.807, 2.05) is 78.9 Å². The van der Waals surface area contributed by atoms with Gasteiger partial charge in [-0.25, -0.2) is 4.79 Å². The van der Waals surface area contributed by atoms with E-state index in [1.54, 1.807) is 24.1 Å². The summed E-state index contributed by atoms with van der Waals surface area (Å²) in [6.45, 7) is 3.46. The Balaban J connectivity index is 0.815. The summed E-state index contributed by atoms with van der Waals surface area (Å²) in [5, 5.41) is 30.5. The number of carbonyl (C=O) groups excluding carboxylic acids is 3. The molecule has 13 heteroatoms. The molecule has 5 aromatic rings. The van der Waals surface area contributed by atoms with Crippen LogP contribution >= 0.6 is 0 Å². The molecule has 2 heterocycles. The van der Waals surface area contributed by atoms with Gasteiger partial charge in [-0.05, 0) is 72.7 Å². The topological polar surface area (TPSA) is 176 Å². The fourth-order valence-electron chi connectivity index (χ4n) is 7.15. The van der Waals surface area contributed by atoms with Crippen molar-refractivity contribution in [2.45, 2.75) is 57.3 Å². The number of likely N-dealkylation sites (tertiary alicyclic amines) is 1. The maximum absolute atomic E-state index is 12.8. The van der Waals surface area contributed by atoms with E-state index in [4.69, 9.17) is 4.74 Å². The predicted octanol–water partition coefficient (Wildman–Crippen LogP) is 6.39. The molecule has 13 nitrogen and oxygen atoms in total. The average Bonchev–Trinajstić information content (AvgIpc) is 3.23. The second kappa shape index (κ2) is 20.4. The van der Waals surface area contributed by atoms with Crippen LogP contribution in [0.4, 0.5) is 16.2 Å². The molecule has 0 aliphatic carbocycles. The summed E-state index contributed by atoms with van der Waals surface area (Å²) in [4.78, 5) is 56.4. The number of nitrogens with one attached hydrogen (secondary N) is 4. The number of piperidine rings is 1. The number of aromatic hydroxyl groups is 1. The van der Waals surface area contributed by atoms with Crippen molar-refractivity contribution in [1.82, 2.24) is 20.1 Å². The van der Waals surface area contributed by atoms with Crippen LogP contribution in [-0.4, -0.2) is 88.8 Å². The maximum atomic E-state index is 12.8. The van der Waals surface area contributed by atoms with Gasteiger partial charge in [0.15, 0.2) is 0 Å². The Morgan fingerprint density at radius 3 is 2.40 bits per heavy atom. The molecule has 3 amide bonds. The molecule has 304 valence electrons. The summed E-state index contributed by atoms with van der Waals surface area (Å²) in [5.41, 5.74) is 4.86. The number of rotatable bonds is 17. The number of benzene rings is 4. The van der Waals surface area contributed by atoms with E-state index in [9.17, 15) is 29.4 Å². The minimum absolute atomic E-state index is 0.0570. The van der Waals surface area contributed by atoms with Crippen LogP contribution in [0.2, 0.25) is 0 Å². The highest BCUT2D eigenvalue weighted by Crippen LogP contribution is 2.29. The van der Waals surface area contributed by atoms with Crippen molar-refractivity contribution >= 4 is 40.2 Å². The van der Waals surface area contributed by atoms with Crippen LogP contribution in [0.3, 0.4) is 0 Å². The predicted molar refractivity (Wildman–Crippen MR) is 226 cm³/mol. The Hall–Kier alpha value is -6.02. The monoisotopic (exact) mass is 788 g/mol. The number of phenols is 1. The van der Waals surface area contributed by atoms with Gasteiger partial charge < -0.3 is 40.4 Å². The van der Waals surface area contributed by atoms with E-state index in [1.165, 1.54) is 12.1 Å². The molecule has 0 spiro atoms. The zero-order valence-electron chi connectivity index (χ0n) is 32.8. The quantitative estimate of drug-likeness (QED) is 0.0583. The van der Waals surface area contributed by atoms with E-state index < -0.39 is 12.2 Å². The third-order valence-corrected chi connectivity index (χ3v) is 10.4. The van der Waals surface area contributed by atoms with Gasteiger partial charge in [0.2, 0.25) is 17.4 Å². The number of anilines is 2. The Kier molecular flexibility index (Phi) is 14.6. The van der Waals surface area contributed by atoms with E-state index in [2.05, 4.69) is 25.8 Å². The standard InChI is InChI=1S/C45H52N6O7/c1-50(43(56)24-28-51-26-22-34(23-27-51)58-45(57)48-38-12-6-5-11-35(38)32-9-3-2-4-10-32)25-8-7-13-41(54)47-33-16-14-31(15-17-33)29-46-30-40(53)36-18-20-39(52)44-37(36)19-21-42(55)49-44/h2-6,9-12,14-21,34,40,46,52-53H,7-8,13,22-30H2,1H3,(H,47,54)(H,48,57)(H,49,55)/t40-/m0/s1. The number of pyridine rings is 1. The molecular formula is C45H52N6O7. The first kappa shape index (κ1) is 41.6. The summed E-state index contributed by atoms with van der Waals surface area (Å²) in [7, 11) is 1.80. The maximum Gasteiger partial charge on any atom is 0.411 e. The molecule has 1 saturated heterocycles. The first-order chi connectivity index (χ1) is 28.1. The molecule has 1 aliphatic heterocycles. The number of unbranched alkanes of at least 4 members (excludes halogenated alkanes) is 1. The number of hydrogen-bond donors (Lipinski definition) is 6. The first-order valence-electron chi connectivity index (χ1n) is 19.8. The normalized spacial score (nSPS) is 13.8. The Morgan fingerprint density at radius 1 is 0.879 bits per heavy atom. The van der Waals surface area contributed by atoms with Crippen molar-refractivity contribution in [1.29, 1.82) is 0 Å². The number of carbonyl (C=O) groups is 3. The van der Waals surface area contributed by atoms with Crippen molar-refractivity contribution in [3.63, 3.8) is 0 Å². The lowest BCUT2D eigenvalue weighted by molar-refractivity contribution is -0.130. The molecule has 0 bridgehead atoms.